The summed E-state index contributed by atoms with van der Waals surface area (Å²) in [4.78, 5) is 14.6. The number of rotatable bonds is 7. The maximum Gasteiger partial charge on any atom is 0.416 e. The Morgan fingerprint density at radius 3 is 2.43 bits per heavy atom. The Balaban J connectivity index is 1.33. The van der Waals surface area contributed by atoms with Gasteiger partial charge < -0.3 is 14.9 Å². The van der Waals surface area contributed by atoms with Crippen LogP contribution in [-0.4, -0.2) is 72.5 Å². The van der Waals surface area contributed by atoms with Crippen molar-refractivity contribution in [2.24, 2.45) is 33.5 Å². The van der Waals surface area contributed by atoms with Gasteiger partial charge >= 0.3 is 6.18 Å². The molecular weight excluding hydrogens is 631 g/mol. The molecule has 9 atom stereocenters. The number of Topliss-reactive ketones (excluding diaryl/α,β-unsaturated/α-hetero) is 1. The molecule has 2 spiro atoms. The van der Waals surface area contributed by atoms with Crippen LogP contribution in [0.4, 0.5) is 13.2 Å². The number of carbonyl (C=O) groups excluding carboxylic acids is 1. The number of allylic oxidation sites excluding steroid dienone is 4. The number of aliphatic hydroxyl groups excluding tert-OH is 1. The third-order valence-electron chi connectivity index (χ3n) is 13.7. The van der Waals surface area contributed by atoms with E-state index in [2.05, 4.69) is 19.1 Å². The summed E-state index contributed by atoms with van der Waals surface area (Å²) >= 11 is 0. The van der Waals surface area contributed by atoms with Gasteiger partial charge in [0.15, 0.2) is 5.78 Å². The summed E-state index contributed by atoms with van der Waals surface area (Å²) in [6.07, 6.45) is 7.52. The van der Waals surface area contributed by atoms with Crippen LogP contribution < -0.4 is 0 Å². The molecule has 0 amide bonds. The van der Waals surface area contributed by atoms with Gasteiger partial charge in [0, 0.05) is 47.1 Å². The smallest absolute Gasteiger partial charge is 0.393 e. The minimum absolute atomic E-state index is 0.0324. The average Bonchev–Trinajstić information content (AvgIpc) is 3.61. The summed E-state index contributed by atoms with van der Waals surface area (Å²) < 4.78 is 74.6. The number of fused-ring (bicyclic) bond motifs is 1. The highest BCUT2D eigenvalue weighted by Crippen LogP contribution is 2.78. The third kappa shape index (κ3) is 4.80. The first-order valence-corrected chi connectivity index (χ1v) is 18.9. The quantitative estimate of drug-likeness (QED) is 0.275. The van der Waals surface area contributed by atoms with Gasteiger partial charge in [0.1, 0.15) is 0 Å². The van der Waals surface area contributed by atoms with Gasteiger partial charge in [0.25, 0.3) is 0 Å². The lowest BCUT2D eigenvalue weighted by Crippen LogP contribution is -2.67. The molecule has 1 heterocycles. The Morgan fingerprint density at radius 1 is 1.04 bits per heavy atom. The molecule has 7 aliphatic rings. The second-order valence-electron chi connectivity index (χ2n) is 15.9. The molecule has 1 aromatic carbocycles. The van der Waals surface area contributed by atoms with E-state index in [0.717, 1.165) is 37.7 Å². The van der Waals surface area contributed by atoms with Crippen molar-refractivity contribution < 1.29 is 41.3 Å². The lowest BCUT2D eigenvalue weighted by Gasteiger charge is -2.71. The number of carbonyl (C=O) groups is 1. The van der Waals surface area contributed by atoms with E-state index >= 15 is 0 Å². The predicted octanol–water partition coefficient (Wildman–Crippen LogP) is 5.92. The molecule has 6 aliphatic carbocycles. The molecule has 3 saturated carbocycles. The highest BCUT2D eigenvalue weighted by atomic mass is 32.2. The maximum atomic E-state index is 14.6. The lowest BCUT2D eigenvalue weighted by molar-refractivity contribution is -0.174. The van der Waals surface area contributed by atoms with Crippen molar-refractivity contribution in [3.8, 4) is 0 Å². The van der Waals surface area contributed by atoms with Gasteiger partial charge in [-0.15, -0.1) is 0 Å². The van der Waals surface area contributed by atoms with E-state index in [4.69, 9.17) is 4.74 Å². The monoisotopic (exact) mass is 677 g/mol. The van der Waals surface area contributed by atoms with Crippen molar-refractivity contribution >= 4 is 15.8 Å². The molecule has 2 N–H and O–H groups in total. The first kappa shape index (κ1) is 33.4. The zero-order chi connectivity index (χ0) is 33.8. The zero-order valence-electron chi connectivity index (χ0n) is 27.4. The number of benzene rings is 1. The van der Waals surface area contributed by atoms with Crippen LogP contribution in [0.2, 0.25) is 0 Å². The largest absolute Gasteiger partial charge is 0.416 e. The van der Waals surface area contributed by atoms with Crippen molar-refractivity contribution in [3.63, 3.8) is 0 Å². The molecule has 2 bridgehead atoms. The molecule has 1 aromatic rings. The van der Waals surface area contributed by atoms with Gasteiger partial charge in [-0.25, -0.2) is 8.42 Å². The second-order valence-corrected chi connectivity index (χ2v) is 17.9. The van der Waals surface area contributed by atoms with Crippen LogP contribution in [0, 0.1) is 33.5 Å². The number of nitrogens with zero attached hydrogens (tertiary/aromatic N) is 1. The zero-order valence-corrected chi connectivity index (χ0v) is 28.2. The van der Waals surface area contributed by atoms with Crippen LogP contribution in [0.25, 0.3) is 0 Å². The molecule has 11 heteroatoms. The van der Waals surface area contributed by atoms with Gasteiger partial charge in [-0.05, 0) is 87.2 Å². The Morgan fingerprint density at radius 2 is 1.74 bits per heavy atom. The summed E-state index contributed by atoms with van der Waals surface area (Å²) in [5.41, 5.74) is -4.45. The second kappa shape index (κ2) is 10.7. The number of alkyl halides is 3. The van der Waals surface area contributed by atoms with E-state index in [1.165, 1.54) is 16.4 Å². The van der Waals surface area contributed by atoms with Crippen molar-refractivity contribution in [2.45, 2.75) is 95.6 Å². The van der Waals surface area contributed by atoms with E-state index in [1.54, 1.807) is 0 Å². The topological polar surface area (TPSA) is 104 Å². The molecule has 1 aliphatic heterocycles. The number of sulfonamides is 1. The molecule has 0 radical (unpaired) electrons. The van der Waals surface area contributed by atoms with Crippen molar-refractivity contribution in [1.82, 2.24) is 4.31 Å². The number of ether oxygens (including phenoxy) is 1. The predicted molar refractivity (Wildman–Crippen MR) is 170 cm³/mol. The fourth-order valence-electron chi connectivity index (χ4n) is 11.2. The Hall–Kier alpha value is -2.05. The summed E-state index contributed by atoms with van der Waals surface area (Å²) in [5.74, 6) is -0.759. The van der Waals surface area contributed by atoms with Gasteiger partial charge in [-0.2, -0.15) is 17.5 Å². The molecule has 47 heavy (non-hydrogen) atoms. The van der Waals surface area contributed by atoms with E-state index in [-0.39, 0.29) is 42.0 Å². The van der Waals surface area contributed by atoms with Crippen LogP contribution in [0.15, 0.2) is 48.1 Å². The fraction of sp³-hybridized carbons (Fsp3) is 0.694. The van der Waals surface area contributed by atoms with E-state index < -0.39 is 55.5 Å². The SMILES string of the molecule is C[C@]12CC[C@H]3[C@]4(C=C[C@@]5(C=C4C(=O)c4cccc(C(F)(F)F)c4)CC(O)CC[C@]35C)[C@@H]1CC[C@@]2(O)CN(C[C@H]1CCCO1)S(C)(=O)=O. The summed E-state index contributed by atoms with van der Waals surface area (Å²) in [6.45, 7) is 4.91. The minimum Gasteiger partial charge on any atom is -0.393 e. The number of hydrogen-bond donors (Lipinski definition) is 2. The van der Waals surface area contributed by atoms with Crippen LogP contribution in [0.3, 0.4) is 0 Å². The molecule has 258 valence electrons. The lowest BCUT2D eigenvalue weighted by atomic mass is 9.32. The Labute approximate surface area is 275 Å². The van der Waals surface area contributed by atoms with E-state index in [1.807, 2.05) is 13.0 Å². The minimum atomic E-state index is -4.61. The van der Waals surface area contributed by atoms with Gasteiger partial charge in [0.05, 0.1) is 29.6 Å². The maximum absolute atomic E-state index is 14.6. The number of ketones is 1. The normalized spacial score (nSPS) is 42.6. The van der Waals surface area contributed by atoms with Crippen LogP contribution >= 0.6 is 0 Å². The van der Waals surface area contributed by atoms with Crippen LogP contribution in [-0.2, 0) is 20.9 Å². The third-order valence-corrected chi connectivity index (χ3v) is 15.0. The Kier molecular flexibility index (Phi) is 7.63. The molecule has 8 rings (SSSR count). The van der Waals surface area contributed by atoms with Gasteiger partial charge in [-0.3, -0.25) is 4.79 Å². The molecular formula is C36H46F3NO6S. The molecule has 1 unspecified atom stereocenters. The standard InChI is InChI=1S/C36H46F3NO6S/c1-31-12-9-25(41)19-33(31)15-16-35(27(20-33)30(42)23-6-4-7-24(18-23)36(37,38)39)28(31)10-13-32(2)29(35)11-14-34(32,43)22-40(47(3,44)45)21-26-8-5-17-46-26/h4,6-7,15-16,18,20,25-26,28-29,41,43H,5,8-14,17,19,21-22H2,1-3H3/t25?,26-,28-,29-,31-,32+,33+,34-,35-/m1/s1. The number of halogens is 3. The van der Waals surface area contributed by atoms with Gasteiger partial charge in [-0.1, -0.05) is 44.2 Å². The van der Waals surface area contributed by atoms with Crippen molar-refractivity contribution in [2.75, 3.05) is 26.0 Å². The highest BCUT2D eigenvalue weighted by molar-refractivity contribution is 7.88. The Bertz CT molecular complexity index is 1640. The van der Waals surface area contributed by atoms with Crippen LogP contribution in [0.1, 0.15) is 87.6 Å². The van der Waals surface area contributed by atoms with Gasteiger partial charge in [0.2, 0.25) is 10.0 Å². The first-order valence-electron chi connectivity index (χ1n) is 17.0. The van der Waals surface area contributed by atoms with E-state index in [0.29, 0.717) is 50.7 Å². The average molecular weight is 678 g/mol. The molecule has 0 aromatic heterocycles. The highest BCUT2D eigenvalue weighted by Gasteiger charge is 2.74. The molecule has 4 fully saturated rings. The summed E-state index contributed by atoms with van der Waals surface area (Å²) in [7, 11) is -3.69. The van der Waals surface area contributed by atoms with Crippen LogP contribution in [0.5, 0.6) is 0 Å². The summed E-state index contributed by atoms with van der Waals surface area (Å²) in [6, 6.07) is 4.59. The number of aliphatic hydroxyl groups is 2. The molecule has 1 saturated heterocycles. The molecule has 7 nitrogen and oxygen atoms in total. The first-order chi connectivity index (χ1) is 21.9. The van der Waals surface area contributed by atoms with Crippen molar-refractivity contribution in [1.29, 1.82) is 0 Å². The number of hydrogen-bond acceptors (Lipinski definition) is 6. The van der Waals surface area contributed by atoms with E-state index in [9.17, 15) is 36.6 Å². The fourth-order valence-corrected chi connectivity index (χ4v) is 12.1. The van der Waals surface area contributed by atoms with Crippen molar-refractivity contribution in [3.05, 3.63) is 59.2 Å². The summed E-state index contributed by atoms with van der Waals surface area (Å²) in [5, 5.41) is 23.5.